The highest BCUT2D eigenvalue weighted by Crippen LogP contribution is 2.46. The predicted octanol–water partition coefficient (Wildman–Crippen LogP) is 3.00. The molecule has 1 aliphatic heterocycles. The molecule has 1 aliphatic rings. The Bertz CT molecular complexity index is 367. The normalized spacial score (nSPS) is 31.8. The smallest absolute Gasteiger partial charge is 0.101 e. The number of hydrogen-bond acceptors (Lipinski definition) is 3. The van der Waals surface area contributed by atoms with Crippen LogP contribution in [0.3, 0.4) is 0 Å². The molecule has 2 heterocycles. The lowest BCUT2D eigenvalue weighted by atomic mass is 9.79. The van der Waals surface area contributed by atoms with Crippen molar-refractivity contribution >= 4 is 11.3 Å². The molecule has 0 radical (unpaired) electrons. The van der Waals surface area contributed by atoms with Crippen molar-refractivity contribution in [2.75, 3.05) is 0 Å². The van der Waals surface area contributed by atoms with Crippen LogP contribution in [0.25, 0.3) is 0 Å². The molecule has 0 spiro atoms. The van der Waals surface area contributed by atoms with Crippen LogP contribution in [0.1, 0.15) is 39.0 Å². The van der Waals surface area contributed by atoms with E-state index < -0.39 is 11.2 Å². The second-order valence-electron chi connectivity index (χ2n) is 5.84. The van der Waals surface area contributed by atoms with Crippen LogP contribution in [-0.2, 0) is 11.2 Å². The molecule has 1 N–H and O–H groups in total. The van der Waals surface area contributed by atoms with Crippen LogP contribution in [0.5, 0.6) is 0 Å². The van der Waals surface area contributed by atoms with E-state index in [0.717, 1.165) is 0 Å². The first-order valence-corrected chi connectivity index (χ1v) is 6.57. The summed E-state index contributed by atoms with van der Waals surface area (Å²) in [4.78, 5) is 1.22. The summed E-state index contributed by atoms with van der Waals surface area (Å²) < 4.78 is 5.96. The van der Waals surface area contributed by atoms with Gasteiger partial charge in [0.15, 0.2) is 0 Å². The summed E-state index contributed by atoms with van der Waals surface area (Å²) in [6.45, 7) is 8.05. The van der Waals surface area contributed by atoms with Gasteiger partial charge in [-0.2, -0.15) is 0 Å². The van der Waals surface area contributed by atoms with Crippen molar-refractivity contribution in [1.29, 1.82) is 0 Å². The van der Waals surface area contributed by atoms with Crippen molar-refractivity contribution in [2.24, 2.45) is 0 Å². The van der Waals surface area contributed by atoms with Gasteiger partial charge in [-0.25, -0.2) is 0 Å². The van der Waals surface area contributed by atoms with Gasteiger partial charge in [-0.3, -0.25) is 0 Å². The number of aliphatic hydroxyl groups is 1. The summed E-state index contributed by atoms with van der Waals surface area (Å²) in [5.41, 5.74) is -1.49. The molecule has 1 fully saturated rings. The van der Waals surface area contributed by atoms with E-state index in [2.05, 4.69) is 6.07 Å². The Morgan fingerprint density at radius 1 is 1.38 bits per heavy atom. The van der Waals surface area contributed by atoms with Gasteiger partial charge in [-0.05, 0) is 39.1 Å². The number of thiophene rings is 1. The molecular weight excluding hydrogens is 220 g/mol. The van der Waals surface area contributed by atoms with Crippen molar-refractivity contribution in [3.05, 3.63) is 22.4 Å². The van der Waals surface area contributed by atoms with Gasteiger partial charge in [-0.1, -0.05) is 6.07 Å². The minimum absolute atomic E-state index is 0.241. The second-order valence-corrected chi connectivity index (χ2v) is 6.87. The SMILES string of the molecule is CC1(C)CC(O)(Cc2cccs2)C(C)(C)O1. The predicted molar refractivity (Wildman–Crippen MR) is 66.8 cm³/mol. The number of hydrogen-bond donors (Lipinski definition) is 1. The van der Waals surface area contributed by atoms with Crippen molar-refractivity contribution < 1.29 is 9.84 Å². The second kappa shape index (κ2) is 3.56. The van der Waals surface area contributed by atoms with E-state index in [1.165, 1.54) is 4.88 Å². The molecule has 1 aromatic rings. The van der Waals surface area contributed by atoms with Crippen molar-refractivity contribution in [1.82, 2.24) is 0 Å². The van der Waals surface area contributed by atoms with Gasteiger partial charge in [0.1, 0.15) is 5.60 Å². The molecule has 2 rings (SSSR count). The molecule has 0 saturated carbocycles. The summed E-state index contributed by atoms with van der Waals surface area (Å²) in [5.74, 6) is 0. The molecule has 0 aromatic carbocycles. The third kappa shape index (κ3) is 2.04. The fourth-order valence-corrected chi connectivity index (χ4v) is 3.53. The highest BCUT2D eigenvalue weighted by Gasteiger charge is 2.56. The molecule has 1 atom stereocenters. The van der Waals surface area contributed by atoms with Crippen LogP contribution in [0, 0.1) is 0 Å². The Labute approximate surface area is 101 Å². The van der Waals surface area contributed by atoms with Gasteiger partial charge in [0.2, 0.25) is 0 Å². The molecule has 16 heavy (non-hydrogen) atoms. The Kier molecular flexibility index (Phi) is 2.69. The first kappa shape index (κ1) is 12.1. The van der Waals surface area contributed by atoms with Crippen LogP contribution in [-0.4, -0.2) is 21.9 Å². The van der Waals surface area contributed by atoms with E-state index in [1.807, 2.05) is 39.1 Å². The molecule has 0 aliphatic carbocycles. The lowest BCUT2D eigenvalue weighted by Gasteiger charge is -2.34. The minimum atomic E-state index is -0.763. The monoisotopic (exact) mass is 240 g/mol. The van der Waals surface area contributed by atoms with Gasteiger partial charge in [0, 0.05) is 17.7 Å². The van der Waals surface area contributed by atoms with Crippen molar-refractivity contribution in [2.45, 2.75) is 57.3 Å². The molecule has 2 nitrogen and oxygen atoms in total. The molecule has 0 bridgehead atoms. The van der Waals surface area contributed by atoms with E-state index in [4.69, 9.17) is 4.74 Å². The topological polar surface area (TPSA) is 29.5 Å². The zero-order valence-electron chi connectivity index (χ0n) is 10.4. The Hall–Kier alpha value is -0.380. The van der Waals surface area contributed by atoms with E-state index >= 15 is 0 Å². The maximum atomic E-state index is 10.8. The number of ether oxygens (including phenoxy) is 1. The average molecular weight is 240 g/mol. The van der Waals surface area contributed by atoms with Crippen molar-refractivity contribution in [3.63, 3.8) is 0 Å². The maximum absolute atomic E-state index is 10.8. The molecular formula is C13H20O2S. The van der Waals surface area contributed by atoms with E-state index in [1.54, 1.807) is 11.3 Å². The van der Waals surface area contributed by atoms with Crippen LogP contribution < -0.4 is 0 Å². The standard InChI is InChI=1S/C13H20O2S/c1-11(2)9-13(14,12(3,4)15-11)8-10-6-5-7-16-10/h5-7,14H,8-9H2,1-4H3. The van der Waals surface area contributed by atoms with E-state index in [-0.39, 0.29) is 5.60 Å². The third-order valence-electron chi connectivity index (χ3n) is 3.42. The van der Waals surface area contributed by atoms with Gasteiger partial charge in [-0.15, -0.1) is 11.3 Å². The first-order valence-electron chi connectivity index (χ1n) is 5.69. The van der Waals surface area contributed by atoms with Crippen LogP contribution in [0.2, 0.25) is 0 Å². The summed E-state index contributed by atoms with van der Waals surface area (Å²) in [5, 5.41) is 12.9. The first-order chi connectivity index (χ1) is 7.24. The van der Waals surface area contributed by atoms with E-state index in [0.29, 0.717) is 12.8 Å². The zero-order chi connectivity index (χ0) is 12.0. The minimum Gasteiger partial charge on any atom is -0.386 e. The maximum Gasteiger partial charge on any atom is 0.101 e. The van der Waals surface area contributed by atoms with Crippen LogP contribution >= 0.6 is 11.3 Å². The van der Waals surface area contributed by atoms with Crippen LogP contribution in [0.4, 0.5) is 0 Å². The molecule has 1 saturated heterocycles. The fourth-order valence-electron chi connectivity index (χ4n) is 2.72. The van der Waals surface area contributed by atoms with Gasteiger partial charge in [0.25, 0.3) is 0 Å². The molecule has 90 valence electrons. The largest absolute Gasteiger partial charge is 0.386 e. The Morgan fingerprint density at radius 3 is 2.50 bits per heavy atom. The summed E-state index contributed by atoms with van der Waals surface area (Å²) in [6, 6.07) is 4.10. The third-order valence-corrected chi connectivity index (χ3v) is 4.29. The summed E-state index contributed by atoms with van der Waals surface area (Å²) >= 11 is 1.69. The molecule has 1 aromatic heterocycles. The van der Waals surface area contributed by atoms with Gasteiger partial charge >= 0.3 is 0 Å². The molecule has 0 amide bonds. The van der Waals surface area contributed by atoms with Gasteiger partial charge in [0.05, 0.1) is 11.2 Å². The lowest BCUT2D eigenvalue weighted by molar-refractivity contribution is -0.125. The highest BCUT2D eigenvalue weighted by atomic mass is 32.1. The average Bonchev–Trinajstić information content (AvgIpc) is 2.56. The van der Waals surface area contributed by atoms with E-state index in [9.17, 15) is 5.11 Å². The number of rotatable bonds is 2. The van der Waals surface area contributed by atoms with Gasteiger partial charge < -0.3 is 9.84 Å². The quantitative estimate of drug-likeness (QED) is 0.861. The highest BCUT2D eigenvalue weighted by molar-refractivity contribution is 7.09. The summed E-state index contributed by atoms with van der Waals surface area (Å²) in [7, 11) is 0. The fraction of sp³-hybridized carbons (Fsp3) is 0.692. The Balaban J connectivity index is 2.24. The molecule has 1 unspecified atom stereocenters. The van der Waals surface area contributed by atoms with Crippen LogP contribution in [0.15, 0.2) is 17.5 Å². The van der Waals surface area contributed by atoms with Crippen molar-refractivity contribution in [3.8, 4) is 0 Å². The lowest BCUT2D eigenvalue weighted by Crippen LogP contribution is -2.47. The Morgan fingerprint density at radius 2 is 2.06 bits per heavy atom. The zero-order valence-corrected chi connectivity index (χ0v) is 11.2. The molecule has 3 heteroatoms. The summed E-state index contributed by atoms with van der Waals surface area (Å²) in [6.07, 6.45) is 1.37.